The van der Waals surface area contributed by atoms with Crippen LogP contribution in [-0.4, -0.2) is 23.2 Å². The first-order valence-electron chi connectivity index (χ1n) is 4.54. The molecule has 70 valence electrons. The van der Waals surface area contributed by atoms with Crippen molar-refractivity contribution in [1.29, 1.82) is 0 Å². The van der Waals surface area contributed by atoms with E-state index >= 15 is 0 Å². The molecule has 0 aromatic rings. The highest BCUT2D eigenvalue weighted by atomic mass is 16.3. The summed E-state index contributed by atoms with van der Waals surface area (Å²) in [6, 6.07) is 0.279. The smallest absolute Gasteiger partial charge is 0.217 e. The van der Waals surface area contributed by atoms with Gasteiger partial charge in [0.2, 0.25) is 5.91 Å². The third-order valence-corrected chi connectivity index (χ3v) is 2.53. The summed E-state index contributed by atoms with van der Waals surface area (Å²) in [5, 5.41) is 12.3. The molecule has 0 aromatic carbocycles. The van der Waals surface area contributed by atoms with Crippen molar-refractivity contribution in [3.63, 3.8) is 0 Å². The molecule has 0 aromatic heterocycles. The van der Waals surface area contributed by atoms with Gasteiger partial charge in [-0.1, -0.05) is 6.92 Å². The predicted molar refractivity (Wildman–Crippen MR) is 46.6 cm³/mol. The molecule has 1 aliphatic rings. The number of carbonyl (C=O) groups is 1. The van der Waals surface area contributed by atoms with E-state index in [1.165, 1.54) is 6.92 Å². The zero-order valence-corrected chi connectivity index (χ0v) is 7.71. The monoisotopic (exact) mass is 171 g/mol. The molecule has 1 fully saturated rings. The second-order valence-electron chi connectivity index (χ2n) is 3.76. The molecular weight excluding hydrogens is 154 g/mol. The number of nitrogens with one attached hydrogen (secondary N) is 1. The van der Waals surface area contributed by atoms with Crippen LogP contribution in [0, 0.1) is 5.92 Å². The summed E-state index contributed by atoms with van der Waals surface area (Å²) in [7, 11) is 0. The van der Waals surface area contributed by atoms with Gasteiger partial charge in [-0.05, 0) is 25.2 Å². The molecule has 1 rings (SSSR count). The Morgan fingerprint density at radius 2 is 2.17 bits per heavy atom. The van der Waals surface area contributed by atoms with E-state index in [9.17, 15) is 9.90 Å². The maximum absolute atomic E-state index is 10.7. The fraction of sp³-hybridized carbons (Fsp3) is 0.889. The normalized spacial score (nSPS) is 36.1. The number of amides is 1. The van der Waals surface area contributed by atoms with E-state index in [1.54, 1.807) is 0 Å². The Hall–Kier alpha value is -0.570. The number of hydrogen-bond acceptors (Lipinski definition) is 2. The maximum Gasteiger partial charge on any atom is 0.217 e. The molecule has 3 nitrogen and oxygen atoms in total. The fourth-order valence-corrected chi connectivity index (χ4v) is 1.80. The van der Waals surface area contributed by atoms with E-state index < -0.39 is 0 Å². The average molecular weight is 171 g/mol. The van der Waals surface area contributed by atoms with Crippen LogP contribution in [0.25, 0.3) is 0 Å². The maximum atomic E-state index is 10.7. The second kappa shape index (κ2) is 3.90. The molecule has 0 bridgehead atoms. The van der Waals surface area contributed by atoms with Crippen LogP contribution in [0.2, 0.25) is 0 Å². The first-order valence-corrected chi connectivity index (χ1v) is 4.54. The highest BCUT2D eigenvalue weighted by molar-refractivity contribution is 5.73. The number of aliphatic hydroxyl groups excluding tert-OH is 1. The Morgan fingerprint density at radius 1 is 1.50 bits per heavy atom. The molecule has 1 amide bonds. The molecule has 0 heterocycles. The standard InChI is InChI=1S/C9H17NO2/c1-6-5-8(10-7(2)11)3-4-9(6)12/h6,8-9,12H,3-5H2,1-2H3,(H,10,11)/t6-,8?,9-/m0/s1. The topological polar surface area (TPSA) is 49.3 Å². The highest BCUT2D eigenvalue weighted by Crippen LogP contribution is 2.23. The molecule has 3 heteroatoms. The van der Waals surface area contributed by atoms with Crippen molar-refractivity contribution in [3.05, 3.63) is 0 Å². The van der Waals surface area contributed by atoms with Gasteiger partial charge in [0.1, 0.15) is 0 Å². The van der Waals surface area contributed by atoms with E-state index in [0.29, 0.717) is 5.92 Å². The van der Waals surface area contributed by atoms with Crippen molar-refractivity contribution >= 4 is 5.91 Å². The fourth-order valence-electron chi connectivity index (χ4n) is 1.80. The molecule has 1 saturated carbocycles. The minimum absolute atomic E-state index is 0.0311. The van der Waals surface area contributed by atoms with Gasteiger partial charge in [-0.15, -0.1) is 0 Å². The van der Waals surface area contributed by atoms with Crippen LogP contribution >= 0.6 is 0 Å². The summed E-state index contributed by atoms with van der Waals surface area (Å²) in [5.41, 5.74) is 0. The van der Waals surface area contributed by atoms with Gasteiger partial charge in [0.05, 0.1) is 6.10 Å². The van der Waals surface area contributed by atoms with Gasteiger partial charge < -0.3 is 10.4 Å². The molecule has 0 saturated heterocycles. The van der Waals surface area contributed by atoms with E-state index in [4.69, 9.17) is 0 Å². The first kappa shape index (κ1) is 9.52. The molecule has 0 aliphatic heterocycles. The van der Waals surface area contributed by atoms with E-state index in [-0.39, 0.29) is 18.1 Å². The van der Waals surface area contributed by atoms with Gasteiger partial charge in [-0.25, -0.2) is 0 Å². The summed E-state index contributed by atoms with van der Waals surface area (Å²) in [6.07, 6.45) is 2.45. The number of carbonyl (C=O) groups excluding carboxylic acids is 1. The first-order chi connectivity index (χ1) is 5.59. The lowest BCUT2D eigenvalue weighted by Gasteiger charge is -2.31. The van der Waals surface area contributed by atoms with Crippen molar-refractivity contribution in [2.75, 3.05) is 0 Å². The molecule has 3 atom stereocenters. The van der Waals surface area contributed by atoms with Gasteiger partial charge in [0.25, 0.3) is 0 Å². The number of hydrogen-bond donors (Lipinski definition) is 2. The van der Waals surface area contributed by atoms with E-state index in [2.05, 4.69) is 5.32 Å². The van der Waals surface area contributed by atoms with Gasteiger partial charge in [-0.3, -0.25) is 4.79 Å². The van der Waals surface area contributed by atoms with Crippen LogP contribution in [0.3, 0.4) is 0 Å². The minimum Gasteiger partial charge on any atom is -0.393 e. The molecule has 1 aliphatic carbocycles. The molecule has 0 radical (unpaired) electrons. The van der Waals surface area contributed by atoms with Crippen LogP contribution in [0.1, 0.15) is 33.1 Å². The SMILES string of the molecule is CC(=O)NC1CC[C@H](O)[C@@H](C)C1. The summed E-state index contributed by atoms with van der Waals surface area (Å²) >= 11 is 0. The summed E-state index contributed by atoms with van der Waals surface area (Å²) < 4.78 is 0. The Morgan fingerprint density at radius 3 is 2.67 bits per heavy atom. The summed E-state index contributed by atoms with van der Waals surface area (Å²) in [5.74, 6) is 0.346. The molecule has 2 N–H and O–H groups in total. The predicted octanol–water partition coefficient (Wildman–Crippen LogP) is 0.672. The van der Waals surface area contributed by atoms with Crippen molar-refractivity contribution < 1.29 is 9.90 Å². The van der Waals surface area contributed by atoms with Crippen molar-refractivity contribution in [2.45, 2.75) is 45.3 Å². The lowest BCUT2D eigenvalue weighted by molar-refractivity contribution is -0.120. The molecular formula is C9H17NO2. The summed E-state index contributed by atoms with van der Waals surface area (Å²) in [6.45, 7) is 3.56. The zero-order valence-electron chi connectivity index (χ0n) is 7.71. The van der Waals surface area contributed by atoms with Crippen LogP contribution < -0.4 is 5.32 Å². The van der Waals surface area contributed by atoms with E-state index in [0.717, 1.165) is 19.3 Å². The third-order valence-electron chi connectivity index (χ3n) is 2.53. The van der Waals surface area contributed by atoms with Crippen LogP contribution in [0.5, 0.6) is 0 Å². The van der Waals surface area contributed by atoms with E-state index in [1.807, 2.05) is 6.92 Å². The lowest BCUT2D eigenvalue weighted by atomic mass is 9.84. The highest BCUT2D eigenvalue weighted by Gasteiger charge is 2.25. The van der Waals surface area contributed by atoms with Gasteiger partial charge >= 0.3 is 0 Å². The number of rotatable bonds is 1. The average Bonchev–Trinajstić information content (AvgIpc) is 1.96. The largest absolute Gasteiger partial charge is 0.393 e. The molecule has 12 heavy (non-hydrogen) atoms. The van der Waals surface area contributed by atoms with Gasteiger partial charge in [-0.2, -0.15) is 0 Å². The van der Waals surface area contributed by atoms with Gasteiger partial charge in [0.15, 0.2) is 0 Å². The van der Waals surface area contributed by atoms with Crippen LogP contribution in [0.15, 0.2) is 0 Å². The van der Waals surface area contributed by atoms with Crippen molar-refractivity contribution in [3.8, 4) is 0 Å². The van der Waals surface area contributed by atoms with Gasteiger partial charge in [0, 0.05) is 13.0 Å². The summed E-state index contributed by atoms with van der Waals surface area (Å²) in [4.78, 5) is 10.7. The quantitative estimate of drug-likeness (QED) is 0.609. The Labute approximate surface area is 73.2 Å². The Bertz CT molecular complexity index is 170. The Balaban J connectivity index is 2.35. The van der Waals surface area contributed by atoms with Crippen LogP contribution in [-0.2, 0) is 4.79 Å². The number of aliphatic hydroxyl groups is 1. The van der Waals surface area contributed by atoms with Crippen molar-refractivity contribution in [1.82, 2.24) is 5.32 Å². The zero-order chi connectivity index (χ0) is 9.14. The van der Waals surface area contributed by atoms with Crippen LogP contribution in [0.4, 0.5) is 0 Å². The van der Waals surface area contributed by atoms with Crippen molar-refractivity contribution in [2.24, 2.45) is 5.92 Å². The minimum atomic E-state index is -0.171. The third kappa shape index (κ3) is 2.48. The Kier molecular flexibility index (Phi) is 3.09. The second-order valence-corrected chi connectivity index (χ2v) is 3.76. The molecule has 1 unspecified atom stereocenters. The lowest BCUT2D eigenvalue weighted by Crippen LogP contribution is -2.40. The molecule has 0 spiro atoms.